The van der Waals surface area contributed by atoms with E-state index in [1.807, 2.05) is 61.5 Å². The summed E-state index contributed by atoms with van der Waals surface area (Å²) >= 11 is 1.24. The highest BCUT2D eigenvalue weighted by atomic mass is 32.2. The molecule has 2 atom stereocenters. The van der Waals surface area contributed by atoms with Gasteiger partial charge in [-0.25, -0.2) is 9.89 Å². The number of nitrogens with zero attached hydrogens (tertiary/aromatic N) is 3. The number of ether oxygens (including phenoxy) is 1. The molecule has 0 bridgehead atoms. The van der Waals surface area contributed by atoms with Gasteiger partial charge in [0.1, 0.15) is 11.9 Å². The molecule has 2 aliphatic rings. The summed E-state index contributed by atoms with van der Waals surface area (Å²) in [6, 6.07) is 16.2. The van der Waals surface area contributed by atoms with E-state index in [-0.39, 0.29) is 24.1 Å². The minimum atomic E-state index is -0.856. The fourth-order valence-corrected chi connectivity index (χ4v) is 5.09. The molecule has 0 fully saturated rings. The first kappa shape index (κ1) is 26.6. The number of aliphatic imine (C=N–C) groups is 2. The SMILES string of the molecule is CC[C@@H](SC1=Nc2ccccc2C2=N[C@@H](CC(=O)NCc3ccccc3)C(=O)N12)C(=O)NCCCOC. The summed E-state index contributed by atoms with van der Waals surface area (Å²) in [5, 5.41) is 5.76. The molecule has 2 heterocycles. The Hall–Kier alpha value is -3.50. The van der Waals surface area contributed by atoms with Gasteiger partial charge < -0.3 is 15.4 Å². The van der Waals surface area contributed by atoms with Crippen LogP contribution >= 0.6 is 11.8 Å². The molecule has 4 rings (SSSR count). The number of methoxy groups -OCH3 is 1. The van der Waals surface area contributed by atoms with Gasteiger partial charge in [0, 0.05) is 32.4 Å². The van der Waals surface area contributed by atoms with E-state index in [1.54, 1.807) is 7.11 Å². The molecule has 0 saturated carbocycles. The third-order valence-corrected chi connectivity index (χ3v) is 7.31. The zero-order valence-electron chi connectivity index (χ0n) is 21.0. The lowest BCUT2D eigenvalue weighted by atomic mass is 10.1. The predicted molar refractivity (Wildman–Crippen MR) is 145 cm³/mol. The van der Waals surface area contributed by atoms with Crippen molar-refractivity contribution in [1.82, 2.24) is 15.5 Å². The molecule has 0 aromatic heterocycles. The molecule has 0 unspecified atom stereocenters. The van der Waals surface area contributed by atoms with Crippen molar-refractivity contribution in [2.45, 2.75) is 44.0 Å². The van der Waals surface area contributed by atoms with Crippen LogP contribution in [0.4, 0.5) is 5.69 Å². The zero-order chi connectivity index (χ0) is 26.2. The highest BCUT2D eigenvalue weighted by Gasteiger charge is 2.43. The van der Waals surface area contributed by atoms with Crippen molar-refractivity contribution in [3.8, 4) is 0 Å². The van der Waals surface area contributed by atoms with E-state index in [0.717, 1.165) is 11.1 Å². The fraction of sp³-hybridized carbons (Fsp3) is 0.370. The molecule has 37 heavy (non-hydrogen) atoms. The van der Waals surface area contributed by atoms with E-state index in [4.69, 9.17) is 9.73 Å². The minimum Gasteiger partial charge on any atom is -0.385 e. The highest BCUT2D eigenvalue weighted by Crippen LogP contribution is 2.35. The van der Waals surface area contributed by atoms with E-state index in [9.17, 15) is 14.4 Å². The molecule has 2 N–H and O–H groups in total. The van der Waals surface area contributed by atoms with E-state index in [0.29, 0.717) is 49.2 Å². The summed E-state index contributed by atoms with van der Waals surface area (Å²) in [6.45, 7) is 3.37. The van der Waals surface area contributed by atoms with Crippen molar-refractivity contribution in [2.75, 3.05) is 20.3 Å². The van der Waals surface area contributed by atoms with Crippen LogP contribution in [0.3, 0.4) is 0 Å². The number of carbonyl (C=O) groups excluding carboxylic acids is 3. The molecule has 0 saturated heterocycles. The van der Waals surface area contributed by atoms with Crippen LogP contribution in [0.1, 0.15) is 37.3 Å². The number of benzene rings is 2. The number of rotatable bonds is 11. The topological polar surface area (TPSA) is 112 Å². The molecule has 2 aliphatic heterocycles. The van der Waals surface area contributed by atoms with Crippen LogP contribution in [-0.4, -0.2) is 65.2 Å². The third-order valence-electron chi connectivity index (χ3n) is 5.99. The molecule has 10 heteroatoms. The number of amides is 3. The van der Waals surface area contributed by atoms with E-state index in [1.165, 1.54) is 16.7 Å². The first-order valence-electron chi connectivity index (χ1n) is 12.4. The summed E-state index contributed by atoms with van der Waals surface area (Å²) in [4.78, 5) is 49.8. The maximum atomic E-state index is 13.5. The predicted octanol–water partition coefficient (Wildman–Crippen LogP) is 3.02. The average Bonchev–Trinajstić information content (AvgIpc) is 3.25. The van der Waals surface area contributed by atoms with E-state index >= 15 is 0 Å². The molecule has 2 aromatic carbocycles. The minimum absolute atomic E-state index is 0.0665. The first-order valence-corrected chi connectivity index (χ1v) is 13.2. The Kier molecular flexibility index (Phi) is 9.08. The van der Waals surface area contributed by atoms with Crippen LogP contribution in [0.25, 0.3) is 0 Å². The van der Waals surface area contributed by atoms with Crippen LogP contribution in [0, 0.1) is 0 Å². The standard InChI is InChI=1S/C27H31N5O4S/c1-3-22(25(34)28-14-9-15-36-2)37-27-31-20-13-8-7-12-19(20)24-30-21(26(35)32(24)27)16-23(33)29-17-18-10-5-4-6-11-18/h4-8,10-13,21-22H,3,9,14-17H2,1-2H3,(H,28,34)(H,29,33)/t21-,22+/m0/s1. The number of thioether (sulfide) groups is 1. The van der Waals surface area contributed by atoms with Crippen molar-refractivity contribution in [3.63, 3.8) is 0 Å². The maximum absolute atomic E-state index is 13.5. The normalized spacial score (nSPS) is 16.9. The van der Waals surface area contributed by atoms with Gasteiger partial charge in [-0.15, -0.1) is 0 Å². The van der Waals surface area contributed by atoms with Crippen molar-refractivity contribution in [1.29, 1.82) is 0 Å². The number of nitrogens with one attached hydrogen (secondary N) is 2. The Morgan fingerprint density at radius 3 is 2.62 bits per heavy atom. The van der Waals surface area contributed by atoms with Crippen LogP contribution < -0.4 is 10.6 Å². The maximum Gasteiger partial charge on any atom is 0.259 e. The molecule has 0 radical (unpaired) electrons. The molecule has 0 spiro atoms. The Labute approximate surface area is 220 Å². The second-order valence-electron chi connectivity index (χ2n) is 8.67. The van der Waals surface area contributed by atoms with Crippen LogP contribution in [0.5, 0.6) is 0 Å². The molecule has 194 valence electrons. The van der Waals surface area contributed by atoms with Crippen LogP contribution in [0.2, 0.25) is 0 Å². The van der Waals surface area contributed by atoms with Crippen LogP contribution in [0.15, 0.2) is 64.6 Å². The number of para-hydroxylation sites is 1. The zero-order valence-corrected chi connectivity index (χ0v) is 21.8. The number of hydrogen-bond donors (Lipinski definition) is 2. The number of amidine groups is 2. The van der Waals surface area contributed by atoms with Gasteiger partial charge >= 0.3 is 0 Å². The number of fused-ring (bicyclic) bond motifs is 3. The quantitative estimate of drug-likeness (QED) is 0.442. The fourth-order valence-electron chi connectivity index (χ4n) is 4.05. The summed E-state index contributed by atoms with van der Waals surface area (Å²) in [5.74, 6) is -0.227. The molecule has 9 nitrogen and oxygen atoms in total. The molecular formula is C27H31N5O4S. The van der Waals surface area contributed by atoms with E-state index < -0.39 is 11.3 Å². The largest absolute Gasteiger partial charge is 0.385 e. The number of hydrogen-bond acceptors (Lipinski definition) is 7. The summed E-state index contributed by atoms with van der Waals surface area (Å²) in [7, 11) is 1.62. The van der Waals surface area contributed by atoms with Crippen molar-refractivity contribution >= 4 is 46.2 Å². The monoisotopic (exact) mass is 521 g/mol. The highest BCUT2D eigenvalue weighted by molar-refractivity contribution is 8.15. The number of carbonyl (C=O) groups is 3. The molecule has 0 aliphatic carbocycles. The molecule has 2 aromatic rings. The van der Waals surface area contributed by atoms with Crippen molar-refractivity contribution in [3.05, 3.63) is 65.7 Å². The Morgan fingerprint density at radius 1 is 1.11 bits per heavy atom. The van der Waals surface area contributed by atoms with Crippen molar-refractivity contribution in [2.24, 2.45) is 9.98 Å². The van der Waals surface area contributed by atoms with Gasteiger partial charge in [0.15, 0.2) is 5.17 Å². The second kappa shape index (κ2) is 12.6. The van der Waals surface area contributed by atoms with Gasteiger partial charge in [0.25, 0.3) is 5.91 Å². The van der Waals surface area contributed by atoms with Gasteiger partial charge in [-0.05, 0) is 30.5 Å². The van der Waals surface area contributed by atoms with E-state index in [2.05, 4.69) is 15.6 Å². The summed E-state index contributed by atoms with van der Waals surface area (Å²) in [5.41, 5.74) is 2.38. The molecule has 3 amide bonds. The third kappa shape index (κ3) is 6.44. The lowest BCUT2D eigenvalue weighted by Gasteiger charge is -2.27. The van der Waals surface area contributed by atoms with Gasteiger partial charge in [-0.1, -0.05) is 61.2 Å². The lowest BCUT2D eigenvalue weighted by Crippen LogP contribution is -2.44. The Balaban J connectivity index is 1.48. The smallest absolute Gasteiger partial charge is 0.259 e. The molecular weight excluding hydrogens is 490 g/mol. The Bertz CT molecular complexity index is 1200. The van der Waals surface area contributed by atoms with Gasteiger partial charge in [0.2, 0.25) is 11.8 Å². The van der Waals surface area contributed by atoms with Gasteiger partial charge in [0.05, 0.1) is 17.4 Å². The van der Waals surface area contributed by atoms with Gasteiger partial charge in [-0.2, -0.15) is 0 Å². The first-order chi connectivity index (χ1) is 18.0. The van der Waals surface area contributed by atoms with Crippen LogP contribution in [-0.2, 0) is 25.7 Å². The average molecular weight is 522 g/mol. The van der Waals surface area contributed by atoms with Crippen molar-refractivity contribution < 1.29 is 19.1 Å². The van der Waals surface area contributed by atoms with Gasteiger partial charge in [-0.3, -0.25) is 19.4 Å². The summed E-state index contributed by atoms with van der Waals surface area (Å²) in [6.07, 6.45) is 1.21. The lowest BCUT2D eigenvalue weighted by molar-refractivity contribution is -0.128. The second-order valence-corrected chi connectivity index (χ2v) is 9.84. The summed E-state index contributed by atoms with van der Waals surface area (Å²) < 4.78 is 5.04. The Morgan fingerprint density at radius 2 is 1.86 bits per heavy atom.